The van der Waals surface area contributed by atoms with Gasteiger partial charge in [-0.15, -0.1) is 24.0 Å². The Balaban J connectivity index is 0.00000320. The minimum atomic E-state index is -3.56. The first-order chi connectivity index (χ1) is 14.1. The highest BCUT2D eigenvalue weighted by Crippen LogP contribution is 2.17. The van der Waals surface area contributed by atoms with Crippen molar-refractivity contribution in [2.75, 3.05) is 26.2 Å². The van der Waals surface area contributed by atoms with Crippen molar-refractivity contribution in [2.45, 2.75) is 18.2 Å². The molecule has 8 nitrogen and oxygen atoms in total. The highest BCUT2D eigenvalue weighted by atomic mass is 127. The lowest BCUT2D eigenvalue weighted by molar-refractivity contribution is 0.581. The molecular formula is C20H27IN6O2S. The Labute approximate surface area is 194 Å². The minimum absolute atomic E-state index is 0. The first-order valence-electron chi connectivity index (χ1n) is 9.57. The maximum atomic E-state index is 12.2. The normalized spacial score (nSPS) is 11.8. The standard InChI is InChI=1S/C20H26N6O2S.HI/c1-2-22-20(23-11-9-16-14-25-19-8-4-3-7-18(16)19)24-12-13-26-29(27,28)17-6-5-10-21-15-17;/h3-8,10,14-15,25-26H,2,9,11-13H2,1H3,(H2,22,23,24);1H. The van der Waals surface area contributed by atoms with Gasteiger partial charge in [0, 0.05) is 49.1 Å². The number of nitrogens with zero attached hydrogens (tertiary/aromatic N) is 2. The predicted molar refractivity (Wildman–Crippen MR) is 131 cm³/mol. The summed E-state index contributed by atoms with van der Waals surface area (Å²) in [5, 5.41) is 7.69. The number of sulfonamides is 1. The topological polar surface area (TPSA) is 111 Å². The van der Waals surface area contributed by atoms with Gasteiger partial charge in [0.05, 0.1) is 6.54 Å². The van der Waals surface area contributed by atoms with Crippen molar-refractivity contribution < 1.29 is 8.42 Å². The first kappa shape index (κ1) is 24.1. The Kier molecular flexibility index (Phi) is 9.53. The number of hydrogen-bond donors (Lipinski definition) is 4. The molecule has 0 spiro atoms. The van der Waals surface area contributed by atoms with E-state index in [9.17, 15) is 8.42 Å². The van der Waals surface area contributed by atoms with Gasteiger partial charge in [-0.1, -0.05) is 18.2 Å². The monoisotopic (exact) mass is 542 g/mol. The maximum absolute atomic E-state index is 12.2. The van der Waals surface area contributed by atoms with Gasteiger partial charge in [0.15, 0.2) is 5.96 Å². The Morgan fingerprint density at radius 1 is 1.13 bits per heavy atom. The highest BCUT2D eigenvalue weighted by Gasteiger charge is 2.12. The molecule has 0 saturated carbocycles. The molecule has 0 aliphatic rings. The van der Waals surface area contributed by atoms with Gasteiger partial charge < -0.3 is 15.6 Å². The number of rotatable bonds is 9. The van der Waals surface area contributed by atoms with Crippen LogP contribution < -0.4 is 15.4 Å². The summed E-state index contributed by atoms with van der Waals surface area (Å²) in [5.74, 6) is 0.660. The Bertz CT molecular complexity index is 1050. The number of fused-ring (bicyclic) bond motifs is 1. The van der Waals surface area contributed by atoms with Gasteiger partial charge >= 0.3 is 0 Å². The van der Waals surface area contributed by atoms with Crippen molar-refractivity contribution in [1.29, 1.82) is 0 Å². The molecule has 0 radical (unpaired) electrons. The lowest BCUT2D eigenvalue weighted by Gasteiger charge is -2.11. The van der Waals surface area contributed by atoms with Gasteiger partial charge in [-0.2, -0.15) is 0 Å². The van der Waals surface area contributed by atoms with Gasteiger partial charge in [-0.25, -0.2) is 13.1 Å². The zero-order valence-electron chi connectivity index (χ0n) is 16.8. The summed E-state index contributed by atoms with van der Waals surface area (Å²) in [7, 11) is -3.56. The molecule has 2 aromatic heterocycles. The first-order valence-corrected chi connectivity index (χ1v) is 11.1. The molecule has 10 heteroatoms. The number of aliphatic imine (C=N–C) groups is 1. The van der Waals surface area contributed by atoms with Gasteiger partial charge in [0.25, 0.3) is 0 Å². The Morgan fingerprint density at radius 3 is 2.73 bits per heavy atom. The smallest absolute Gasteiger partial charge is 0.242 e. The molecule has 0 bridgehead atoms. The van der Waals surface area contributed by atoms with E-state index < -0.39 is 10.0 Å². The van der Waals surface area contributed by atoms with Gasteiger partial charge in [0.1, 0.15) is 4.90 Å². The van der Waals surface area contributed by atoms with E-state index in [1.54, 1.807) is 6.07 Å². The third-order valence-electron chi connectivity index (χ3n) is 4.32. The molecular weight excluding hydrogens is 515 g/mol. The SMILES string of the molecule is CCNC(=NCCNS(=O)(=O)c1cccnc1)NCCc1c[nH]c2ccccc12.I. The molecule has 4 N–H and O–H groups in total. The van der Waals surface area contributed by atoms with Gasteiger partial charge in [0.2, 0.25) is 10.0 Å². The fourth-order valence-electron chi connectivity index (χ4n) is 2.93. The molecule has 1 aromatic carbocycles. The second-order valence-electron chi connectivity index (χ2n) is 6.38. The molecule has 0 unspecified atom stereocenters. The van der Waals surface area contributed by atoms with Crippen LogP contribution in [-0.4, -0.2) is 50.5 Å². The summed E-state index contributed by atoms with van der Waals surface area (Å²) < 4.78 is 26.9. The van der Waals surface area contributed by atoms with Gasteiger partial charge in [-0.3, -0.25) is 9.98 Å². The van der Waals surface area contributed by atoms with Crippen LogP contribution >= 0.6 is 24.0 Å². The molecule has 162 valence electrons. The number of guanidine groups is 1. The van der Waals surface area contributed by atoms with Crippen LogP contribution in [-0.2, 0) is 16.4 Å². The maximum Gasteiger partial charge on any atom is 0.242 e. The molecule has 0 aliphatic heterocycles. The van der Waals surface area contributed by atoms with E-state index in [2.05, 4.69) is 42.4 Å². The highest BCUT2D eigenvalue weighted by molar-refractivity contribution is 14.0. The van der Waals surface area contributed by atoms with Crippen LogP contribution in [0.15, 0.2) is 64.9 Å². The van der Waals surface area contributed by atoms with Crippen LogP contribution in [0.3, 0.4) is 0 Å². The van der Waals surface area contributed by atoms with E-state index in [-0.39, 0.29) is 35.4 Å². The number of pyridine rings is 1. The van der Waals surface area contributed by atoms with Crippen LogP contribution in [0.2, 0.25) is 0 Å². The molecule has 0 saturated heterocycles. The number of aromatic amines is 1. The predicted octanol–water partition coefficient (Wildman–Crippen LogP) is 2.26. The average Bonchev–Trinajstić information content (AvgIpc) is 3.15. The summed E-state index contributed by atoms with van der Waals surface area (Å²) >= 11 is 0. The number of H-pyrrole nitrogens is 1. The molecule has 30 heavy (non-hydrogen) atoms. The van der Waals surface area contributed by atoms with E-state index in [1.165, 1.54) is 29.4 Å². The van der Waals surface area contributed by atoms with E-state index in [0.717, 1.165) is 25.0 Å². The minimum Gasteiger partial charge on any atom is -0.361 e. The number of benzene rings is 1. The fourth-order valence-corrected chi connectivity index (χ4v) is 3.92. The van der Waals surface area contributed by atoms with Crippen LogP contribution in [0.25, 0.3) is 10.9 Å². The van der Waals surface area contributed by atoms with E-state index in [1.807, 2.05) is 25.3 Å². The quantitative estimate of drug-likeness (QED) is 0.144. The van der Waals surface area contributed by atoms with Gasteiger partial charge in [-0.05, 0) is 37.1 Å². The average molecular weight is 542 g/mol. The lowest BCUT2D eigenvalue weighted by atomic mass is 10.1. The molecule has 0 fully saturated rings. The second-order valence-corrected chi connectivity index (χ2v) is 8.15. The molecule has 0 amide bonds. The van der Waals surface area contributed by atoms with Crippen molar-refractivity contribution in [3.63, 3.8) is 0 Å². The Hall–Kier alpha value is -2.18. The summed E-state index contributed by atoms with van der Waals surface area (Å²) in [6, 6.07) is 11.3. The van der Waals surface area contributed by atoms with Crippen LogP contribution in [0.1, 0.15) is 12.5 Å². The summed E-state index contributed by atoms with van der Waals surface area (Å²) in [4.78, 5) is 11.7. The van der Waals surface area contributed by atoms with E-state index >= 15 is 0 Å². The molecule has 2 heterocycles. The van der Waals surface area contributed by atoms with Crippen LogP contribution in [0, 0.1) is 0 Å². The number of aromatic nitrogens is 2. The third kappa shape index (κ3) is 6.67. The number of hydrogen-bond acceptors (Lipinski definition) is 4. The van der Waals surface area contributed by atoms with Crippen molar-refractivity contribution in [2.24, 2.45) is 4.99 Å². The zero-order valence-corrected chi connectivity index (χ0v) is 19.9. The number of para-hydroxylation sites is 1. The van der Waals surface area contributed by atoms with Crippen LogP contribution in [0.4, 0.5) is 0 Å². The van der Waals surface area contributed by atoms with Crippen molar-refractivity contribution in [3.05, 3.63) is 60.6 Å². The second kappa shape index (κ2) is 11.9. The molecule has 0 aliphatic carbocycles. The molecule has 0 atom stereocenters. The molecule has 3 aromatic rings. The number of nitrogens with one attached hydrogen (secondary N) is 4. The van der Waals surface area contributed by atoms with Crippen molar-refractivity contribution >= 4 is 50.9 Å². The lowest BCUT2D eigenvalue weighted by Crippen LogP contribution is -2.39. The largest absolute Gasteiger partial charge is 0.361 e. The summed E-state index contributed by atoms with van der Waals surface area (Å²) in [5.41, 5.74) is 2.37. The van der Waals surface area contributed by atoms with Crippen molar-refractivity contribution in [3.8, 4) is 0 Å². The van der Waals surface area contributed by atoms with E-state index in [0.29, 0.717) is 12.5 Å². The van der Waals surface area contributed by atoms with Crippen molar-refractivity contribution in [1.82, 2.24) is 25.3 Å². The third-order valence-corrected chi connectivity index (χ3v) is 5.77. The fraction of sp³-hybridized carbons (Fsp3) is 0.300. The Morgan fingerprint density at radius 2 is 1.97 bits per heavy atom. The molecule has 3 rings (SSSR count). The summed E-state index contributed by atoms with van der Waals surface area (Å²) in [6.07, 6.45) is 5.74. The summed E-state index contributed by atoms with van der Waals surface area (Å²) in [6.45, 7) is 3.95. The zero-order chi connectivity index (χ0) is 20.5. The number of halogens is 1. The van der Waals surface area contributed by atoms with Crippen LogP contribution in [0.5, 0.6) is 0 Å². The van der Waals surface area contributed by atoms with E-state index in [4.69, 9.17) is 0 Å².